The number of esters is 1. The molecule has 1 rings (SSSR count). The van der Waals surface area contributed by atoms with Gasteiger partial charge in [0.15, 0.2) is 0 Å². The second-order valence-corrected chi connectivity index (χ2v) is 4.15. The van der Waals surface area contributed by atoms with Crippen molar-refractivity contribution in [2.75, 3.05) is 0 Å². The van der Waals surface area contributed by atoms with Crippen LogP contribution in [0.15, 0.2) is 18.2 Å². The summed E-state index contributed by atoms with van der Waals surface area (Å²) in [5.74, 6) is 0.548. The third kappa shape index (κ3) is 3.69. The van der Waals surface area contributed by atoms with Gasteiger partial charge in [0.05, 0.1) is 0 Å². The van der Waals surface area contributed by atoms with Gasteiger partial charge in [-0.15, -0.1) is 0 Å². The summed E-state index contributed by atoms with van der Waals surface area (Å²) in [4.78, 5) is 10.9. The molecule has 0 saturated carbocycles. The molecular formula is C14H19O2. The van der Waals surface area contributed by atoms with Gasteiger partial charge in [-0.3, -0.25) is 4.79 Å². The van der Waals surface area contributed by atoms with Crippen molar-refractivity contribution in [3.05, 3.63) is 36.2 Å². The van der Waals surface area contributed by atoms with Crippen molar-refractivity contribution in [1.82, 2.24) is 0 Å². The molecule has 87 valence electrons. The fourth-order valence-corrected chi connectivity index (χ4v) is 1.63. The Labute approximate surface area is 97.6 Å². The molecule has 0 aliphatic rings. The van der Waals surface area contributed by atoms with E-state index in [1.807, 2.05) is 19.1 Å². The Hall–Kier alpha value is -1.31. The van der Waals surface area contributed by atoms with Gasteiger partial charge in [-0.1, -0.05) is 26.3 Å². The van der Waals surface area contributed by atoms with E-state index in [4.69, 9.17) is 4.74 Å². The van der Waals surface area contributed by atoms with Gasteiger partial charge in [0, 0.05) is 6.92 Å². The average Bonchev–Trinajstić information content (AvgIpc) is 2.16. The topological polar surface area (TPSA) is 26.3 Å². The molecule has 0 fully saturated rings. The van der Waals surface area contributed by atoms with Gasteiger partial charge in [-0.05, 0) is 42.5 Å². The quantitative estimate of drug-likeness (QED) is 0.572. The second kappa shape index (κ2) is 5.69. The monoisotopic (exact) mass is 219 g/mol. The Morgan fingerprint density at radius 3 is 2.62 bits per heavy atom. The Morgan fingerprint density at radius 1 is 1.44 bits per heavy atom. The van der Waals surface area contributed by atoms with E-state index in [1.165, 1.54) is 12.5 Å². The number of rotatable bonds is 4. The van der Waals surface area contributed by atoms with E-state index in [0.29, 0.717) is 5.75 Å². The number of carbonyl (C=O) groups excluding carboxylic acids is 1. The number of hydrogen-bond acceptors (Lipinski definition) is 2. The first-order chi connectivity index (χ1) is 7.52. The van der Waals surface area contributed by atoms with Crippen LogP contribution in [0.4, 0.5) is 0 Å². The molecule has 0 heterocycles. The molecule has 1 atom stereocenters. The van der Waals surface area contributed by atoms with Crippen molar-refractivity contribution in [2.45, 2.75) is 39.5 Å². The molecule has 1 aromatic rings. The lowest BCUT2D eigenvalue weighted by Gasteiger charge is -2.11. The molecule has 2 nitrogen and oxygen atoms in total. The molecule has 0 bridgehead atoms. The molecular weight excluding hydrogens is 200 g/mol. The first-order valence-corrected chi connectivity index (χ1v) is 5.68. The molecule has 0 aliphatic carbocycles. The third-order valence-electron chi connectivity index (χ3n) is 2.36. The van der Waals surface area contributed by atoms with Crippen LogP contribution in [0.1, 0.15) is 44.2 Å². The maximum atomic E-state index is 10.9. The molecule has 16 heavy (non-hydrogen) atoms. The van der Waals surface area contributed by atoms with Gasteiger partial charge in [0.2, 0.25) is 0 Å². The summed E-state index contributed by atoms with van der Waals surface area (Å²) in [6.45, 7) is 9.57. The average molecular weight is 219 g/mol. The highest BCUT2D eigenvalue weighted by Crippen LogP contribution is 2.23. The number of benzene rings is 1. The fourth-order valence-electron chi connectivity index (χ4n) is 1.63. The van der Waals surface area contributed by atoms with E-state index in [9.17, 15) is 4.79 Å². The predicted molar refractivity (Wildman–Crippen MR) is 65.5 cm³/mol. The summed E-state index contributed by atoms with van der Waals surface area (Å²) >= 11 is 0. The molecule has 1 radical (unpaired) electrons. The van der Waals surface area contributed by atoms with Crippen LogP contribution in [-0.4, -0.2) is 5.97 Å². The fraction of sp³-hybridized carbons (Fsp3) is 0.429. The lowest BCUT2D eigenvalue weighted by Crippen LogP contribution is -2.03. The Morgan fingerprint density at radius 2 is 2.12 bits per heavy atom. The Bertz CT molecular complexity index is 367. The second-order valence-electron chi connectivity index (χ2n) is 4.15. The van der Waals surface area contributed by atoms with Gasteiger partial charge in [-0.2, -0.15) is 0 Å². The van der Waals surface area contributed by atoms with Crippen LogP contribution in [0, 0.1) is 6.92 Å². The standard InChI is InChI=1S/C14H19O2/c1-5-6-12-7-13(10(2)3)9-14(8-12)16-11(4)15/h7-10H,2,5-6H2,1,3-4H3. The number of aryl methyl sites for hydroxylation is 1. The van der Waals surface area contributed by atoms with E-state index in [1.54, 1.807) is 0 Å². The summed E-state index contributed by atoms with van der Waals surface area (Å²) in [7, 11) is 0. The summed E-state index contributed by atoms with van der Waals surface area (Å²) in [6, 6.07) is 5.95. The first kappa shape index (κ1) is 12.8. The molecule has 0 N–H and O–H groups in total. The van der Waals surface area contributed by atoms with E-state index in [2.05, 4.69) is 19.9 Å². The molecule has 0 aromatic heterocycles. The van der Waals surface area contributed by atoms with Crippen LogP contribution < -0.4 is 4.74 Å². The van der Waals surface area contributed by atoms with Crippen LogP contribution in [0.25, 0.3) is 0 Å². The zero-order valence-electron chi connectivity index (χ0n) is 10.2. The largest absolute Gasteiger partial charge is 0.427 e. The summed E-state index contributed by atoms with van der Waals surface area (Å²) in [5.41, 5.74) is 2.31. The van der Waals surface area contributed by atoms with Crippen LogP contribution in [0.3, 0.4) is 0 Å². The van der Waals surface area contributed by atoms with Gasteiger partial charge in [0.1, 0.15) is 5.75 Å². The van der Waals surface area contributed by atoms with Crippen molar-refractivity contribution < 1.29 is 9.53 Å². The molecule has 0 amide bonds. The SMILES string of the molecule is [CH2]C(C)c1cc(CCC)cc(OC(C)=O)c1. The minimum absolute atomic E-state index is 0.200. The zero-order valence-corrected chi connectivity index (χ0v) is 10.2. The highest BCUT2D eigenvalue weighted by atomic mass is 16.5. The minimum Gasteiger partial charge on any atom is -0.427 e. The first-order valence-electron chi connectivity index (χ1n) is 5.68. The normalized spacial score (nSPS) is 10.6. The molecule has 0 aliphatic heterocycles. The molecule has 0 saturated heterocycles. The van der Waals surface area contributed by atoms with Crippen LogP contribution in [-0.2, 0) is 11.2 Å². The Kier molecular flexibility index (Phi) is 4.53. The summed E-state index contributed by atoms with van der Waals surface area (Å²) < 4.78 is 5.13. The van der Waals surface area contributed by atoms with Gasteiger partial charge >= 0.3 is 5.97 Å². The molecule has 1 aromatic carbocycles. The predicted octanol–water partition coefficient (Wildman–Crippen LogP) is 3.50. The van der Waals surface area contributed by atoms with Crippen molar-refractivity contribution in [2.24, 2.45) is 0 Å². The molecule has 1 unspecified atom stereocenters. The highest BCUT2D eigenvalue weighted by molar-refractivity contribution is 5.69. The number of hydrogen-bond donors (Lipinski definition) is 0. The smallest absolute Gasteiger partial charge is 0.308 e. The molecule has 0 spiro atoms. The van der Waals surface area contributed by atoms with Crippen molar-refractivity contribution >= 4 is 5.97 Å². The van der Waals surface area contributed by atoms with Crippen molar-refractivity contribution in [1.29, 1.82) is 0 Å². The van der Waals surface area contributed by atoms with Crippen LogP contribution in [0.2, 0.25) is 0 Å². The van der Waals surface area contributed by atoms with E-state index < -0.39 is 0 Å². The van der Waals surface area contributed by atoms with Crippen LogP contribution >= 0.6 is 0 Å². The highest BCUT2D eigenvalue weighted by Gasteiger charge is 2.06. The lowest BCUT2D eigenvalue weighted by atomic mass is 9.98. The van der Waals surface area contributed by atoms with Gasteiger partial charge in [-0.25, -0.2) is 0 Å². The van der Waals surface area contributed by atoms with Gasteiger partial charge in [0.25, 0.3) is 0 Å². The van der Waals surface area contributed by atoms with Crippen molar-refractivity contribution in [3.63, 3.8) is 0 Å². The summed E-state index contributed by atoms with van der Waals surface area (Å²) in [6.07, 6.45) is 2.07. The maximum Gasteiger partial charge on any atom is 0.308 e. The van der Waals surface area contributed by atoms with Gasteiger partial charge < -0.3 is 4.74 Å². The van der Waals surface area contributed by atoms with E-state index >= 15 is 0 Å². The summed E-state index contributed by atoms with van der Waals surface area (Å²) in [5, 5.41) is 0. The third-order valence-corrected chi connectivity index (χ3v) is 2.36. The van der Waals surface area contributed by atoms with E-state index in [-0.39, 0.29) is 11.9 Å². The minimum atomic E-state index is -0.281. The molecule has 2 heteroatoms. The van der Waals surface area contributed by atoms with Crippen molar-refractivity contribution in [3.8, 4) is 5.75 Å². The Balaban J connectivity index is 3.03. The zero-order chi connectivity index (χ0) is 12.1. The number of carbonyl (C=O) groups is 1. The van der Waals surface area contributed by atoms with E-state index in [0.717, 1.165) is 18.4 Å². The maximum absolute atomic E-state index is 10.9. The van der Waals surface area contributed by atoms with Crippen LogP contribution in [0.5, 0.6) is 5.75 Å². The lowest BCUT2D eigenvalue weighted by molar-refractivity contribution is -0.131. The number of ether oxygens (including phenoxy) is 1.